The minimum atomic E-state index is -0.0812. The first-order valence-electron chi connectivity index (χ1n) is 7.65. The molecule has 2 fully saturated rings. The summed E-state index contributed by atoms with van der Waals surface area (Å²) < 4.78 is 11.4. The zero-order valence-corrected chi connectivity index (χ0v) is 13.0. The average Bonchev–Trinajstić information content (AvgIpc) is 2.44. The Labute approximate surface area is 126 Å². The van der Waals surface area contributed by atoms with Gasteiger partial charge >= 0.3 is 0 Å². The van der Waals surface area contributed by atoms with Crippen molar-refractivity contribution in [3.63, 3.8) is 0 Å². The molecule has 4 nitrogen and oxygen atoms in total. The summed E-state index contributed by atoms with van der Waals surface area (Å²) in [7, 11) is 1.64. The number of morpholine rings is 1. The molecule has 1 spiro atoms. The molecule has 1 aliphatic heterocycles. The first-order valence-corrected chi connectivity index (χ1v) is 7.65. The van der Waals surface area contributed by atoms with Crippen molar-refractivity contribution in [3.8, 4) is 5.75 Å². The molecular weight excluding hydrogens is 266 g/mol. The van der Waals surface area contributed by atoms with Crippen LogP contribution in [0.15, 0.2) is 18.2 Å². The highest BCUT2D eigenvalue weighted by Crippen LogP contribution is 2.40. The predicted molar refractivity (Wildman–Crippen MR) is 80.8 cm³/mol. The predicted octanol–water partition coefficient (Wildman–Crippen LogP) is 2.79. The Bertz CT molecular complexity index is 551. The van der Waals surface area contributed by atoms with Crippen molar-refractivity contribution in [2.75, 3.05) is 20.2 Å². The van der Waals surface area contributed by atoms with Crippen LogP contribution >= 0.6 is 0 Å². The van der Waals surface area contributed by atoms with Crippen molar-refractivity contribution in [2.45, 2.75) is 44.8 Å². The Morgan fingerprint density at radius 1 is 1.43 bits per heavy atom. The third-order valence-electron chi connectivity index (χ3n) is 4.61. The third kappa shape index (κ3) is 2.64. The molecule has 0 N–H and O–H groups in total. The van der Waals surface area contributed by atoms with E-state index in [1.807, 2.05) is 30.0 Å². The number of carbonyl (C=O) groups is 1. The van der Waals surface area contributed by atoms with Crippen LogP contribution in [0.5, 0.6) is 5.75 Å². The molecule has 2 aliphatic rings. The van der Waals surface area contributed by atoms with E-state index in [2.05, 4.69) is 6.92 Å². The first-order chi connectivity index (χ1) is 10.0. The van der Waals surface area contributed by atoms with Gasteiger partial charge in [-0.1, -0.05) is 6.07 Å². The van der Waals surface area contributed by atoms with Gasteiger partial charge in [0, 0.05) is 12.1 Å². The van der Waals surface area contributed by atoms with Gasteiger partial charge in [0.15, 0.2) is 0 Å². The molecule has 0 bridgehead atoms. The quantitative estimate of drug-likeness (QED) is 0.840. The van der Waals surface area contributed by atoms with E-state index in [9.17, 15) is 4.79 Å². The molecule has 21 heavy (non-hydrogen) atoms. The van der Waals surface area contributed by atoms with E-state index in [0.29, 0.717) is 18.7 Å². The van der Waals surface area contributed by atoms with Crippen LogP contribution in [0.2, 0.25) is 0 Å². The molecule has 0 unspecified atom stereocenters. The van der Waals surface area contributed by atoms with Crippen LogP contribution in [0.3, 0.4) is 0 Å². The summed E-state index contributed by atoms with van der Waals surface area (Å²) in [5.74, 6) is 0.843. The lowest BCUT2D eigenvalue weighted by Crippen LogP contribution is -2.59. The molecule has 1 aromatic rings. The lowest BCUT2D eigenvalue weighted by atomic mass is 9.78. The van der Waals surface area contributed by atoms with Crippen LogP contribution in [-0.4, -0.2) is 42.7 Å². The minimum absolute atomic E-state index is 0.0784. The second-order valence-electron chi connectivity index (χ2n) is 6.34. The van der Waals surface area contributed by atoms with Gasteiger partial charge in [0.2, 0.25) is 0 Å². The second-order valence-corrected chi connectivity index (χ2v) is 6.34. The molecule has 3 rings (SSSR count). The van der Waals surface area contributed by atoms with E-state index in [-0.39, 0.29) is 17.6 Å². The van der Waals surface area contributed by atoms with Crippen LogP contribution in [0.25, 0.3) is 0 Å². The number of benzene rings is 1. The number of ether oxygens (including phenoxy) is 2. The molecule has 0 radical (unpaired) electrons. The number of aryl methyl sites for hydroxylation is 1. The van der Waals surface area contributed by atoms with Crippen molar-refractivity contribution >= 4 is 5.91 Å². The van der Waals surface area contributed by atoms with E-state index < -0.39 is 0 Å². The minimum Gasteiger partial charge on any atom is -0.496 e. The van der Waals surface area contributed by atoms with Crippen molar-refractivity contribution in [1.82, 2.24) is 4.90 Å². The lowest BCUT2D eigenvalue weighted by Gasteiger charge is -2.50. The smallest absolute Gasteiger partial charge is 0.254 e. The fourth-order valence-electron chi connectivity index (χ4n) is 3.36. The summed E-state index contributed by atoms with van der Waals surface area (Å²) in [4.78, 5) is 14.7. The summed E-state index contributed by atoms with van der Waals surface area (Å²) in [6.07, 6.45) is 3.44. The molecule has 0 aromatic heterocycles. The number of hydrogen-bond donors (Lipinski definition) is 0. The molecule has 1 heterocycles. The van der Waals surface area contributed by atoms with Gasteiger partial charge < -0.3 is 14.4 Å². The normalized spacial score (nSPS) is 23.8. The topological polar surface area (TPSA) is 38.8 Å². The van der Waals surface area contributed by atoms with Crippen LogP contribution in [0.1, 0.15) is 42.1 Å². The SMILES string of the molecule is COc1cc(C(=O)N2C[C@H](C)OC3(CCC3)C2)ccc1C. The second kappa shape index (κ2) is 5.34. The molecule has 1 saturated heterocycles. The average molecular weight is 289 g/mol. The van der Waals surface area contributed by atoms with Crippen molar-refractivity contribution in [1.29, 1.82) is 0 Å². The summed E-state index contributed by atoms with van der Waals surface area (Å²) in [5, 5.41) is 0. The van der Waals surface area contributed by atoms with Crippen molar-refractivity contribution in [2.24, 2.45) is 0 Å². The highest BCUT2D eigenvalue weighted by atomic mass is 16.5. The van der Waals surface area contributed by atoms with Gasteiger partial charge in [-0.15, -0.1) is 0 Å². The van der Waals surface area contributed by atoms with E-state index in [1.54, 1.807) is 7.11 Å². The van der Waals surface area contributed by atoms with Crippen LogP contribution in [0.4, 0.5) is 0 Å². The molecule has 4 heteroatoms. The van der Waals surface area contributed by atoms with Crippen LogP contribution < -0.4 is 4.74 Å². The van der Waals surface area contributed by atoms with Crippen molar-refractivity contribution in [3.05, 3.63) is 29.3 Å². The molecule has 1 atom stereocenters. The zero-order valence-electron chi connectivity index (χ0n) is 13.0. The Morgan fingerprint density at radius 2 is 2.19 bits per heavy atom. The number of amides is 1. The van der Waals surface area contributed by atoms with Gasteiger partial charge in [-0.2, -0.15) is 0 Å². The summed E-state index contributed by atoms with van der Waals surface area (Å²) in [6.45, 7) is 5.41. The number of carbonyl (C=O) groups excluding carboxylic acids is 1. The Hall–Kier alpha value is -1.55. The fraction of sp³-hybridized carbons (Fsp3) is 0.588. The maximum absolute atomic E-state index is 12.8. The first kappa shape index (κ1) is 14.4. The summed E-state index contributed by atoms with van der Waals surface area (Å²) >= 11 is 0. The maximum Gasteiger partial charge on any atom is 0.254 e. The lowest BCUT2D eigenvalue weighted by molar-refractivity contribution is -0.176. The zero-order chi connectivity index (χ0) is 15.0. The summed E-state index contributed by atoms with van der Waals surface area (Å²) in [6, 6.07) is 5.66. The van der Waals surface area contributed by atoms with Crippen molar-refractivity contribution < 1.29 is 14.3 Å². The highest BCUT2D eigenvalue weighted by Gasteiger charge is 2.45. The molecular formula is C17H23NO3. The fourth-order valence-corrected chi connectivity index (χ4v) is 3.36. The monoisotopic (exact) mass is 289 g/mol. The highest BCUT2D eigenvalue weighted by molar-refractivity contribution is 5.95. The van der Waals surface area contributed by atoms with Crippen LogP contribution in [0, 0.1) is 6.92 Å². The van der Waals surface area contributed by atoms with Gasteiger partial charge in [-0.3, -0.25) is 4.79 Å². The molecule has 1 saturated carbocycles. The van der Waals surface area contributed by atoms with Crippen LogP contribution in [-0.2, 0) is 4.74 Å². The molecule has 1 amide bonds. The maximum atomic E-state index is 12.8. The molecule has 1 aromatic carbocycles. The van der Waals surface area contributed by atoms with E-state index in [1.165, 1.54) is 6.42 Å². The van der Waals surface area contributed by atoms with Gasteiger partial charge in [0.25, 0.3) is 5.91 Å². The van der Waals surface area contributed by atoms with E-state index in [0.717, 1.165) is 24.2 Å². The Morgan fingerprint density at radius 3 is 2.81 bits per heavy atom. The number of rotatable bonds is 2. The third-order valence-corrected chi connectivity index (χ3v) is 4.61. The number of methoxy groups -OCH3 is 1. The molecule has 1 aliphatic carbocycles. The van der Waals surface area contributed by atoms with Gasteiger partial charge in [-0.05, 0) is 50.8 Å². The van der Waals surface area contributed by atoms with Gasteiger partial charge in [-0.25, -0.2) is 0 Å². The number of hydrogen-bond acceptors (Lipinski definition) is 3. The van der Waals surface area contributed by atoms with E-state index >= 15 is 0 Å². The summed E-state index contributed by atoms with van der Waals surface area (Å²) in [5.41, 5.74) is 1.66. The molecule has 114 valence electrons. The standard InChI is InChI=1S/C17H23NO3/c1-12-5-6-14(9-15(12)20-3)16(19)18-10-13(2)21-17(11-18)7-4-8-17/h5-6,9,13H,4,7-8,10-11H2,1-3H3/t13-/m0/s1. The van der Waals surface area contributed by atoms with Gasteiger partial charge in [0.1, 0.15) is 5.75 Å². The largest absolute Gasteiger partial charge is 0.496 e. The van der Waals surface area contributed by atoms with Gasteiger partial charge in [0.05, 0.1) is 25.4 Å². The Balaban J connectivity index is 1.81. The number of nitrogens with zero attached hydrogens (tertiary/aromatic N) is 1. The Kier molecular flexibility index (Phi) is 3.66. The van der Waals surface area contributed by atoms with E-state index in [4.69, 9.17) is 9.47 Å².